The number of nitrogens with zero attached hydrogens (tertiary/aromatic N) is 1. The Kier molecular flexibility index (Phi) is 9.88. The van der Waals surface area contributed by atoms with Crippen LogP contribution in [0.25, 0.3) is 11.1 Å². The number of nitrogens with one attached hydrogen (secondary N) is 1. The minimum atomic E-state index is -0.311. The number of fused-ring (bicyclic) bond motifs is 9. The lowest BCUT2D eigenvalue weighted by Gasteiger charge is -2.49. The molecule has 10 atom stereocenters. The van der Waals surface area contributed by atoms with Crippen LogP contribution in [0, 0.1) is 35.0 Å². The molecule has 54 heavy (non-hydrogen) atoms. The first-order chi connectivity index (χ1) is 26.2. The van der Waals surface area contributed by atoms with Gasteiger partial charge < -0.3 is 19.9 Å². The second-order valence-corrected chi connectivity index (χ2v) is 18.9. The van der Waals surface area contributed by atoms with Crippen molar-refractivity contribution in [2.24, 2.45) is 35.0 Å². The van der Waals surface area contributed by atoms with Gasteiger partial charge >= 0.3 is 6.09 Å². The van der Waals surface area contributed by atoms with E-state index in [0.29, 0.717) is 43.1 Å². The van der Waals surface area contributed by atoms with Gasteiger partial charge in [0.25, 0.3) is 0 Å². The van der Waals surface area contributed by atoms with Gasteiger partial charge in [0, 0.05) is 31.0 Å². The average molecular weight is 733 g/mol. The van der Waals surface area contributed by atoms with E-state index < -0.39 is 0 Å². The molecule has 1 spiro atoms. The van der Waals surface area contributed by atoms with E-state index in [0.717, 1.165) is 50.5 Å². The number of aliphatic hydroxyl groups is 1. The highest BCUT2D eigenvalue weighted by atomic mass is 16.5. The molecule has 1 amide bonds. The van der Waals surface area contributed by atoms with E-state index in [-0.39, 0.29) is 29.1 Å². The molecule has 0 bridgehead atoms. The maximum Gasteiger partial charge on any atom is 0.407 e. The Morgan fingerprint density at radius 1 is 0.981 bits per heavy atom. The van der Waals surface area contributed by atoms with Crippen LogP contribution in [0.5, 0.6) is 0 Å². The number of hydrogen-bond acceptors (Lipinski definition) is 5. The first-order valence-electron chi connectivity index (χ1n) is 21.8. The molecule has 5 aliphatic carbocycles. The quantitative estimate of drug-likeness (QED) is 0.199. The first-order valence-corrected chi connectivity index (χ1v) is 21.8. The highest BCUT2D eigenvalue weighted by molar-refractivity contribution is 5.79. The van der Waals surface area contributed by atoms with Crippen LogP contribution >= 0.6 is 0 Å². The molecule has 7 aliphatic rings. The number of hydrogen-bond donors (Lipinski definition) is 2. The van der Waals surface area contributed by atoms with E-state index in [4.69, 9.17) is 9.47 Å². The Morgan fingerprint density at radius 3 is 2.50 bits per heavy atom. The van der Waals surface area contributed by atoms with E-state index in [1.54, 1.807) is 16.7 Å². The largest absolute Gasteiger partial charge is 0.449 e. The number of allylic oxidation sites excluding steroid dienone is 2. The Labute approximate surface area is 324 Å². The molecule has 2 heterocycles. The zero-order chi connectivity index (χ0) is 37.2. The lowest BCUT2D eigenvalue weighted by atomic mass is 9.56. The maximum absolute atomic E-state index is 12.7. The molecule has 9 rings (SSSR count). The summed E-state index contributed by atoms with van der Waals surface area (Å²) in [5.41, 5.74) is 10.1. The van der Waals surface area contributed by atoms with Gasteiger partial charge in [-0.2, -0.15) is 0 Å². The predicted octanol–water partition coefficient (Wildman–Crippen LogP) is 9.81. The topological polar surface area (TPSA) is 71.0 Å². The molecule has 2 saturated carbocycles. The highest BCUT2D eigenvalue weighted by Gasteiger charge is 2.61. The van der Waals surface area contributed by atoms with Gasteiger partial charge in [-0.3, -0.25) is 4.90 Å². The van der Waals surface area contributed by atoms with E-state index in [2.05, 4.69) is 92.5 Å². The number of aliphatic hydroxyl groups excluding tert-OH is 1. The van der Waals surface area contributed by atoms with Gasteiger partial charge in [0.1, 0.15) is 6.61 Å². The van der Waals surface area contributed by atoms with Crippen LogP contribution in [0.15, 0.2) is 71.3 Å². The zero-order valence-corrected chi connectivity index (χ0v) is 33.3. The van der Waals surface area contributed by atoms with Crippen molar-refractivity contribution < 1.29 is 19.4 Å². The fourth-order valence-electron chi connectivity index (χ4n) is 13.4. The summed E-state index contributed by atoms with van der Waals surface area (Å²) in [5, 5.41) is 13.5. The molecule has 6 nitrogen and oxygen atoms in total. The Bertz CT molecular complexity index is 1750. The van der Waals surface area contributed by atoms with Gasteiger partial charge in [-0.05, 0) is 135 Å². The molecular formula is C48H64N2O4. The fraction of sp³-hybridized carbons (Fsp3) is 0.646. The van der Waals surface area contributed by atoms with Crippen LogP contribution in [0.1, 0.15) is 122 Å². The van der Waals surface area contributed by atoms with Gasteiger partial charge in [0.15, 0.2) is 0 Å². The van der Waals surface area contributed by atoms with Gasteiger partial charge in [-0.1, -0.05) is 99.4 Å². The molecule has 0 radical (unpaired) electrons. The third kappa shape index (κ3) is 6.12. The molecule has 2 aliphatic heterocycles. The van der Waals surface area contributed by atoms with E-state index >= 15 is 0 Å². The summed E-state index contributed by atoms with van der Waals surface area (Å²) in [4.78, 5) is 15.5. The minimum absolute atomic E-state index is 0.0909. The van der Waals surface area contributed by atoms with Gasteiger partial charge in [0.2, 0.25) is 0 Å². The normalized spacial score (nSPS) is 36.9. The monoisotopic (exact) mass is 732 g/mol. The molecule has 2 N–H and O–H groups in total. The molecule has 2 unspecified atom stereocenters. The van der Waals surface area contributed by atoms with Gasteiger partial charge in [0.05, 0.1) is 17.8 Å². The van der Waals surface area contributed by atoms with Crippen LogP contribution in [-0.4, -0.2) is 66.2 Å². The summed E-state index contributed by atoms with van der Waals surface area (Å²) in [6.45, 7) is 13.3. The van der Waals surface area contributed by atoms with Gasteiger partial charge in [-0.15, -0.1) is 0 Å². The summed E-state index contributed by atoms with van der Waals surface area (Å²) >= 11 is 0. The van der Waals surface area contributed by atoms with Crippen molar-refractivity contribution in [2.45, 2.75) is 135 Å². The summed E-state index contributed by atoms with van der Waals surface area (Å²) in [6.07, 6.45) is 15.9. The molecule has 0 aromatic heterocycles. The smallest absolute Gasteiger partial charge is 0.407 e. The standard InChI is InChI=1S/C48H64N2O4/c1-30-25-44-45(32(3)48(54-44)22-20-39-40-18-17-33-26-34(51)19-21-47(33,4)43(40)27-41(39)31(48)2)50(28-30)24-12-6-5-11-23-49-46(52)53-29-42-37-15-9-7-13-35(37)36-14-8-10-16-38(36)42/h7-10,13-17,30,32,34,39-40,42-45,51H,5-6,11-12,18-29H2,1-4H3,(H,49,52)/t30-,32+,34-,39-,40-,43-,44?,45?,47-,48-/m0/s1. The number of carbonyl (C=O) groups is 1. The average Bonchev–Trinajstić information content (AvgIpc) is 3.81. The SMILES string of the molecule is CC1=C2C[C@H]3[C@@H](CC=C4C[C@@H](O)CC[C@@]43C)[C@@H]2CC[C@]12OC1C[C@H](C)CN(CCCCCCNC(=O)OCC3c4ccccc4-c4ccccc43)C1[C@H]2C. The fourth-order valence-corrected chi connectivity index (χ4v) is 13.4. The van der Waals surface area contributed by atoms with Crippen LogP contribution in [0.2, 0.25) is 0 Å². The van der Waals surface area contributed by atoms with E-state index in [9.17, 15) is 9.90 Å². The molecule has 2 saturated heterocycles. The predicted molar refractivity (Wildman–Crippen MR) is 215 cm³/mol. The summed E-state index contributed by atoms with van der Waals surface area (Å²) in [7, 11) is 0. The molecule has 6 heteroatoms. The second-order valence-electron chi connectivity index (χ2n) is 18.9. The molecule has 2 aromatic rings. The highest BCUT2D eigenvalue weighted by Crippen LogP contribution is 2.65. The molecule has 4 fully saturated rings. The number of piperidine rings is 1. The summed E-state index contributed by atoms with van der Waals surface area (Å²) in [5.74, 6) is 3.45. The van der Waals surface area contributed by atoms with Crippen molar-refractivity contribution in [1.29, 1.82) is 0 Å². The number of ether oxygens (including phenoxy) is 2. The van der Waals surface area contributed by atoms with Crippen LogP contribution < -0.4 is 5.32 Å². The van der Waals surface area contributed by atoms with Crippen LogP contribution in [0.4, 0.5) is 4.79 Å². The van der Waals surface area contributed by atoms with Crippen molar-refractivity contribution in [1.82, 2.24) is 10.2 Å². The van der Waals surface area contributed by atoms with Crippen molar-refractivity contribution in [3.63, 3.8) is 0 Å². The van der Waals surface area contributed by atoms with Crippen molar-refractivity contribution in [3.05, 3.63) is 82.5 Å². The number of amides is 1. The van der Waals surface area contributed by atoms with E-state index in [1.165, 1.54) is 73.7 Å². The second kappa shape index (κ2) is 14.5. The van der Waals surface area contributed by atoms with Crippen LogP contribution in [-0.2, 0) is 9.47 Å². The molecular weight excluding hydrogens is 669 g/mol. The minimum Gasteiger partial charge on any atom is -0.449 e. The number of carbonyl (C=O) groups excluding carboxylic acids is 1. The first kappa shape index (κ1) is 36.7. The maximum atomic E-state index is 12.7. The van der Waals surface area contributed by atoms with Crippen molar-refractivity contribution >= 4 is 6.09 Å². The van der Waals surface area contributed by atoms with Crippen molar-refractivity contribution in [2.75, 3.05) is 26.2 Å². The third-order valence-corrected chi connectivity index (χ3v) is 16.1. The number of alkyl carbamates (subject to hydrolysis) is 1. The number of likely N-dealkylation sites (tertiary alicyclic amines) is 1. The molecule has 290 valence electrons. The van der Waals surface area contributed by atoms with E-state index in [1.807, 2.05) is 0 Å². The van der Waals surface area contributed by atoms with Crippen LogP contribution in [0.3, 0.4) is 0 Å². The lowest BCUT2D eigenvalue weighted by molar-refractivity contribution is -0.0649. The summed E-state index contributed by atoms with van der Waals surface area (Å²) < 4.78 is 13.2. The number of benzene rings is 2. The van der Waals surface area contributed by atoms with Gasteiger partial charge in [-0.25, -0.2) is 4.79 Å². The Morgan fingerprint density at radius 2 is 1.72 bits per heavy atom. The Balaban J connectivity index is 0.760. The summed E-state index contributed by atoms with van der Waals surface area (Å²) in [6, 6.07) is 17.4. The van der Waals surface area contributed by atoms with Crippen molar-refractivity contribution in [3.8, 4) is 11.1 Å². The number of rotatable bonds is 9. The number of unbranched alkanes of at least 4 members (excludes halogenated alkanes) is 3. The Hall–Kier alpha value is -2.93. The third-order valence-electron chi connectivity index (χ3n) is 16.1. The lowest BCUT2D eigenvalue weighted by Crippen LogP contribution is -2.52. The molecule has 2 aromatic carbocycles. The zero-order valence-electron chi connectivity index (χ0n) is 33.3.